The van der Waals surface area contributed by atoms with Gasteiger partial charge in [0.15, 0.2) is 0 Å². The number of imidazole rings is 1. The lowest BCUT2D eigenvalue weighted by atomic mass is 10.2. The molecule has 0 spiro atoms. The van der Waals surface area contributed by atoms with Crippen LogP contribution in [0.25, 0.3) is 11.0 Å². The zero-order chi connectivity index (χ0) is 23.0. The molecule has 7 heteroatoms. The quantitative estimate of drug-likeness (QED) is 0.316. The third-order valence-electron chi connectivity index (χ3n) is 5.33. The number of rotatable bonds is 10. The predicted molar refractivity (Wildman–Crippen MR) is 130 cm³/mol. The van der Waals surface area contributed by atoms with Crippen LogP contribution >= 0.6 is 11.6 Å². The Morgan fingerprint density at radius 2 is 1.82 bits per heavy atom. The second kappa shape index (κ2) is 10.9. The highest BCUT2D eigenvalue weighted by Crippen LogP contribution is 2.19. The molecule has 1 heterocycles. The number of ether oxygens (including phenoxy) is 2. The third-order valence-corrected chi connectivity index (χ3v) is 5.58. The topological polar surface area (TPSA) is 65.4 Å². The van der Waals surface area contributed by atoms with E-state index in [1.54, 1.807) is 25.3 Å². The van der Waals surface area contributed by atoms with E-state index in [4.69, 9.17) is 26.1 Å². The second-order valence-electron chi connectivity index (χ2n) is 7.59. The number of nitrogens with one attached hydrogen (secondary N) is 1. The highest BCUT2D eigenvalue weighted by molar-refractivity contribution is 6.30. The first kappa shape index (κ1) is 22.7. The van der Waals surface area contributed by atoms with Gasteiger partial charge in [0.1, 0.15) is 17.3 Å². The summed E-state index contributed by atoms with van der Waals surface area (Å²) >= 11 is 5.91. The molecule has 33 heavy (non-hydrogen) atoms. The van der Waals surface area contributed by atoms with Crippen LogP contribution < -0.4 is 14.8 Å². The Kier molecular flexibility index (Phi) is 7.47. The lowest BCUT2D eigenvalue weighted by molar-refractivity contribution is 0.0949. The summed E-state index contributed by atoms with van der Waals surface area (Å²) in [5.74, 6) is 2.12. The minimum absolute atomic E-state index is 0.163. The molecule has 0 aliphatic carbocycles. The van der Waals surface area contributed by atoms with Crippen molar-refractivity contribution in [1.82, 2.24) is 14.9 Å². The molecular weight excluding hydrogens is 438 g/mol. The minimum Gasteiger partial charge on any atom is -0.497 e. The summed E-state index contributed by atoms with van der Waals surface area (Å²) in [5.41, 5.74) is 2.53. The van der Waals surface area contributed by atoms with Gasteiger partial charge in [0.05, 0.1) is 31.3 Å². The van der Waals surface area contributed by atoms with Gasteiger partial charge in [-0.15, -0.1) is 0 Å². The molecule has 6 nitrogen and oxygen atoms in total. The summed E-state index contributed by atoms with van der Waals surface area (Å²) in [4.78, 5) is 17.4. The first-order valence-corrected chi connectivity index (χ1v) is 11.3. The average Bonchev–Trinajstić information content (AvgIpc) is 3.21. The zero-order valence-electron chi connectivity index (χ0n) is 18.5. The van der Waals surface area contributed by atoms with E-state index in [9.17, 15) is 4.79 Å². The standard InChI is InChI=1S/C26H26ClN3O3/c1-32-22-8-6-7-19(17-22)26(31)28-18-25-29-23-9-2-3-10-24(23)30(25)15-4-5-16-33-21-13-11-20(27)12-14-21/h2-3,6-14,17H,4-5,15-16,18H2,1H3,(H,28,31). The molecule has 0 saturated heterocycles. The van der Waals surface area contributed by atoms with Gasteiger partial charge < -0.3 is 19.4 Å². The summed E-state index contributed by atoms with van der Waals surface area (Å²) in [5, 5.41) is 3.68. The Morgan fingerprint density at radius 1 is 1.00 bits per heavy atom. The number of hydrogen-bond donors (Lipinski definition) is 1. The third kappa shape index (κ3) is 5.84. The van der Waals surface area contributed by atoms with Crippen LogP contribution in [0.3, 0.4) is 0 Å². The average molecular weight is 464 g/mol. The van der Waals surface area contributed by atoms with Crippen LogP contribution in [0.2, 0.25) is 5.02 Å². The Hall–Kier alpha value is -3.51. The van der Waals surface area contributed by atoms with Gasteiger partial charge >= 0.3 is 0 Å². The largest absolute Gasteiger partial charge is 0.497 e. The number of fused-ring (bicyclic) bond motifs is 1. The number of carbonyl (C=O) groups excluding carboxylic acids is 1. The number of nitrogens with zero attached hydrogens (tertiary/aromatic N) is 2. The van der Waals surface area contributed by atoms with Crippen LogP contribution in [-0.4, -0.2) is 29.2 Å². The van der Waals surface area contributed by atoms with Crippen molar-refractivity contribution < 1.29 is 14.3 Å². The van der Waals surface area contributed by atoms with Gasteiger partial charge in [0, 0.05) is 17.1 Å². The highest BCUT2D eigenvalue weighted by Gasteiger charge is 2.13. The molecule has 4 aromatic rings. The van der Waals surface area contributed by atoms with Gasteiger partial charge in [-0.05, 0) is 67.4 Å². The maximum absolute atomic E-state index is 12.6. The zero-order valence-corrected chi connectivity index (χ0v) is 19.2. The number of unbranched alkanes of at least 4 members (excludes halogenated alkanes) is 1. The van der Waals surface area contributed by atoms with E-state index < -0.39 is 0 Å². The lowest BCUT2D eigenvalue weighted by Crippen LogP contribution is -2.24. The summed E-state index contributed by atoms with van der Waals surface area (Å²) in [6, 6.07) is 22.5. The summed E-state index contributed by atoms with van der Waals surface area (Å²) in [6.07, 6.45) is 1.81. The summed E-state index contributed by atoms with van der Waals surface area (Å²) in [7, 11) is 1.58. The molecular formula is C26H26ClN3O3. The number of hydrogen-bond acceptors (Lipinski definition) is 4. The molecule has 0 radical (unpaired) electrons. The fourth-order valence-electron chi connectivity index (χ4n) is 3.63. The van der Waals surface area contributed by atoms with E-state index in [1.807, 2.05) is 48.5 Å². The Morgan fingerprint density at radius 3 is 2.64 bits per heavy atom. The van der Waals surface area contributed by atoms with E-state index in [0.29, 0.717) is 29.5 Å². The SMILES string of the molecule is COc1cccc(C(=O)NCc2nc3ccccc3n2CCCCOc2ccc(Cl)cc2)c1. The monoisotopic (exact) mass is 463 g/mol. The molecule has 3 aromatic carbocycles. The number of carbonyl (C=O) groups is 1. The van der Waals surface area contributed by atoms with Crippen molar-refractivity contribution >= 4 is 28.5 Å². The molecule has 1 amide bonds. The van der Waals surface area contributed by atoms with E-state index >= 15 is 0 Å². The van der Waals surface area contributed by atoms with Gasteiger partial charge in [-0.1, -0.05) is 29.8 Å². The lowest BCUT2D eigenvalue weighted by Gasteiger charge is -2.11. The number of amides is 1. The number of aromatic nitrogens is 2. The first-order chi connectivity index (χ1) is 16.1. The van der Waals surface area contributed by atoms with Crippen molar-refractivity contribution in [1.29, 1.82) is 0 Å². The molecule has 0 aliphatic heterocycles. The maximum atomic E-state index is 12.6. The smallest absolute Gasteiger partial charge is 0.251 e. The van der Waals surface area contributed by atoms with Crippen LogP contribution in [-0.2, 0) is 13.1 Å². The van der Waals surface area contributed by atoms with Gasteiger partial charge in [0.25, 0.3) is 5.91 Å². The second-order valence-corrected chi connectivity index (χ2v) is 8.03. The van der Waals surface area contributed by atoms with Crippen molar-refractivity contribution in [2.24, 2.45) is 0 Å². The van der Waals surface area contributed by atoms with Crippen LogP contribution in [0.4, 0.5) is 0 Å². The predicted octanol–water partition coefficient (Wildman–Crippen LogP) is 5.49. The molecule has 1 aromatic heterocycles. The molecule has 0 aliphatic rings. The number of aryl methyl sites for hydroxylation is 1. The maximum Gasteiger partial charge on any atom is 0.251 e. The Bertz CT molecular complexity index is 1220. The minimum atomic E-state index is -0.163. The van der Waals surface area contributed by atoms with Crippen LogP contribution in [0.5, 0.6) is 11.5 Å². The molecule has 1 N–H and O–H groups in total. The molecule has 170 valence electrons. The van der Waals surface area contributed by atoms with Crippen molar-refractivity contribution in [2.75, 3.05) is 13.7 Å². The van der Waals surface area contributed by atoms with E-state index in [1.165, 1.54) is 0 Å². The summed E-state index contributed by atoms with van der Waals surface area (Å²) in [6.45, 7) is 1.75. The van der Waals surface area contributed by atoms with Gasteiger partial charge in [-0.25, -0.2) is 4.98 Å². The van der Waals surface area contributed by atoms with E-state index in [-0.39, 0.29) is 5.91 Å². The highest BCUT2D eigenvalue weighted by atomic mass is 35.5. The molecule has 0 bridgehead atoms. The van der Waals surface area contributed by atoms with E-state index in [2.05, 4.69) is 16.0 Å². The van der Waals surface area contributed by atoms with Crippen molar-refractivity contribution in [3.63, 3.8) is 0 Å². The van der Waals surface area contributed by atoms with Gasteiger partial charge in [-0.2, -0.15) is 0 Å². The summed E-state index contributed by atoms with van der Waals surface area (Å²) < 4.78 is 13.2. The van der Waals surface area contributed by atoms with Crippen LogP contribution in [0.1, 0.15) is 29.0 Å². The normalized spacial score (nSPS) is 10.8. The molecule has 0 atom stereocenters. The Balaban J connectivity index is 1.37. The fourth-order valence-corrected chi connectivity index (χ4v) is 3.75. The first-order valence-electron chi connectivity index (χ1n) is 10.9. The number of halogens is 1. The Labute approximate surface area is 198 Å². The van der Waals surface area contributed by atoms with Gasteiger partial charge in [0.2, 0.25) is 0 Å². The molecule has 0 saturated carbocycles. The van der Waals surface area contributed by atoms with Gasteiger partial charge in [-0.3, -0.25) is 4.79 Å². The van der Waals surface area contributed by atoms with Crippen molar-refractivity contribution in [3.05, 3.63) is 89.2 Å². The van der Waals surface area contributed by atoms with E-state index in [0.717, 1.165) is 42.0 Å². The molecule has 0 fully saturated rings. The molecule has 0 unspecified atom stereocenters. The number of methoxy groups -OCH3 is 1. The number of para-hydroxylation sites is 2. The van der Waals surface area contributed by atoms with Crippen LogP contribution in [0, 0.1) is 0 Å². The molecule has 4 rings (SSSR count). The van der Waals surface area contributed by atoms with Crippen molar-refractivity contribution in [2.45, 2.75) is 25.9 Å². The number of benzene rings is 3. The van der Waals surface area contributed by atoms with Crippen LogP contribution in [0.15, 0.2) is 72.8 Å². The van der Waals surface area contributed by atoms with Crippen molar-refractivity contribution in [3.8, 4) is 11.5 Å². The fraction of sp³-hybridized carbons (Fsp3) is 0.231.